The van der Waals surface area contributed by atoms with Crippen molar-refractivity contribution in [3.05, 3.63) is 11.5 Å². The van der Waals surface area contributed by atoms with E-state index in [2.05, 4.69) is 0 Å². The number of carbonyl (C=O) groups excluding carboxylic acids is 7. The Kier molecular flexibility index (Phi) is 21.5. The van der Waals surface area contributed by atoms with Gasteiger partial charge in [0.1, 0.15) is 23.1 Å². The van der Waals surface area contributed by atoms with Crippen molar-refractivity contribution in [3.8, 4) is 0 Å². The molecule has 0 saturated carbocycles. The van der Waals surface area contributed by atoms with E-state index < -0.39 is 0 Å². The Hall–Kier alpha value is -2.66. The number of amides is 2. The van der Waals surface area contributed by atoms with Crippen LogP contribution in [0.4, 0.5) is 0 Å². The average molecular weight is 596 g/mol. The Morgan fingerprint density at radius 3 is 1.32 bits per heavy atom. The second-order valence-electron chi connectivity index (χ2n) is 9.92. The Morgan fingerprint density at radius 2 is 0.976 bits per heavy atom. The summed E-state index contributed by atoms with van der Waals surface area (Å²) in [7, 11) is 0. The van der Waals surface area contributed by atoms with E-state index in [0.29, 0.717) is 19.3 Å². The van der Waals surface area contributed by atoms with Crippen LogP contribution in [0.2, 0.25) is 0 Å². The molecule has 0 aromatic rings. The minimum atomic E-state index is -0.226. The topological polar surface area (TPSA) is 129 Å². The Bertz CT molecular complexity index is 900. The summed E-state index contributed by atoms with van der Waals surface area (Å²) in [5.74, 6) is -0.569. The molecule has 0 saturated heterocycles. The molecule has 0 bridgehead atoms. The van der Waals surface area contributed by atoms with E-state index in [1.54, 1.807) is 31.1 Å². The first-order valence-electron chi connectivity index (χ1n) is 14.5. The third-order valence-electron chi connectivity index (χ3n) is 6.66. The molecule has 0 aromatic carbocycles. The molecule has 0 unspecified atom stereocenters. The van der Waals surface area contributed by atoms with Crippen LogP contribution in [-0.2, 0) is 33.6 Å². The fourth-order valence-electron chi connectivity index (χ4n) is 3.83. The predicted molar refractivity (Wildman–Crippen MR) is 162 cm³/mol. The molecule has 0 rings (SSSR count). The number of Topliss-reactive ketones (excluding diaryl/α,β-unsaturated/α-hetero) is 4. The highest BCUT2D eigenvalue weighted by Gasteiger charge is 2.21. The van der Waals surface area contributed by atoms with Crippen LogP contribution in [-0.4, -0.2) is 107 Å². The zero-order chi connectivity index (χ0) is 31.2. The largest absolute Gasteiger partial charge is 0.342 e. The highest BCUT2D eigenvalue weighted by Crippen LogP contribution is 2.07. The van der Waals surface area contributed by atoms with Crippen molar-refractivity contribution >= 4 is 52.5 Å². The van der Waals surface area contributed by atoms with E-state index in [9.17, 15) is 33.6 Å². The molecule has 0 spiro atoms. The molecule has 0 aliphatic carbocycles. The molecule has 0 heterocycles. The van der Waals surface area contributed by atoms with Crippen LogP contribution in [0.5, 0.6) is 0 Å². The van der Waals surface area contributed by atoms with Crippen LogP contribution >= 0.6 is 11.8 Å². The van der Waals surface area contributed by atoms with E-state index in [-0.39, 0.29) is 125 Å². The van der Waals surface area contributed by atoms with Gasteiger partial charge in [-0.2, -0.15) is 0 Å². The minimum absolute atomic E-state index is 0.0159. The van der Waals surface area contributed by atoms with Crippen LogP contribution in [0.25, 0.3) is 0 Å². The highest BCUT2D eigenvalue weighted by atomic mass is 32.2. The van der Waals surface area contributed by atoms with Gasteiger partial charge in [0.05, 0.1) is 6.54 Å². The van der Waals surface area contributed by atoms with E-state index in [1.807, 2.05) is 6.26 Å². The quantitative estimate of drug-likeness (QED) is 0.146. The van der Waals surface area contributed by atoms with Crippen molar-refractivity contribution in [2.75, 3.05) is 52.1 Å². The highest BCUT2D eigenvalue weighted by molar-refractivity contribution is 8.01. The second kappa shape index (κ2) is 23.0. The lowest BCUT2D eigenvalue weighted by molar-refractivity contribution is -0.133. The summed E-state index contributed by atoms with van der Waals surface area (Å²) in [5, 5.41) is 1.67. The van der Waals surface area contributed by atoms with Crippen molar-refractivity contribution in [1.82, 2.24) is 14.7 Å². The van der Waals surface area contributed by atoms with Crippen molar-refractivity contribution in [2.24, 2.45) is 0 Å². The van der Waals surface area contributed by atoms with Gasteiger partial charge in [-0.1, -0.05) is 20.8 Å². The molecule has 41 heavy (non-hydrogen) atoms. The number of hydrogen-bond acceptors (Lipinski definition) is 9. The molecule has 10 nitrogen and oxygen atoms in total. The first-order chi connectivity index (χ1) is 19.5. The van der Waals surface area contributed by atoms with Crippen LogP contribution in [0.3, 0.4) is 0 Å². The summed E-state index contributed by atoms with van der Waals surface area (Å²) in [6.07, 6.45) is 5.38. The minimum Gasteiger partial charge on any atom is -0.342 e. The van der Waals surface area contributed by atoms with Gasteiger partial charge in [-0.05, 0) is 24.7 Å². The van der Waals surface area contributed by atoms with Gasteiger partial charge in [-0.3, -0.25) is 38.5 Å². The van der Waals surface area contributed by atoms with Gasteiger partial charge in [0.2, 0.25) is 11.8 Å². The van der Waals surface area contributed by atoms with Gasteiger partial charge in [0.25, 0.3) is 0 Å². The number of carbonyl (C=O) groups is 7. The molecule has 0 aliphatic rings. The summed E-state index contributed by atoms with van der Waals surface area (Å²) < 4.78 is 0. The summed E-state index contributed by atoms with van der Waals surface area (Å²) in [4.78, 5) is 90.5. The van der Waals surface area contributed by atoms with E-state index in [1.165, 1.54) is 34.6 Å². The van der Waals surface area contributed by atoms with Crippen LogP contribution in [0.1, 0.15) is 85.5 Å². The number of nitrogens with zero attached hydrogens (tertiary/aromatic N) is 3. The molecule has 11 heteroatoms. The maximum atomic E-state index is 13.1. The monoisotopic (exact) mass is 595 g/mol. The maximum Gasteiger partial charge on any atom is 0.223 e. The first-order valence-corrected chi connectivity index (χ1v) is 15.8. The Morgan fingerprint density at radius 1 is 0.585 bits per heavy atom. The SMILES string of the molecule is CCC(=O)CCN(CCC(C)=O)C(=O)CCN(CCC(=O)N(CCC(=O)CC)CCC(=O)CC)CC(=O)C=CSC. The molecule has 0 aromatic heterocycles. The van der Waals surface area contributed by atoms with Gasteiger partial charge < -0.3 is 9.80 Å². The third kappa shape index (κ3) is 19.2. The Labute approximate surface area is 249 Å². The zero-order valence-electron chi connectivity index (χ0n) is 25.6. The lowest BCUT2D eigenvalue weighted by Crippen LogP contribution is -2.40. The first kappa shape index (κ1) is 38.3. The third-order valence-corrected chi connectivity index (χ3v) is 7.07. The van der Waals surface area contributed by atoms with Crippen molar-refractivity contribution in [1.29, 1.82) is 0 Å². The average Bonchev–Trinajstić information content (AvgIpc) is 2.96. The van der Waals surface area contributed by atoms with Crippen LogP contribution in [0.15, 0.2) is 11.5 Å². The number of thioether (sulfide) groups is 1. The number of ketones is 5. The molecule has 0 N–H and O–H groups in total. The molecular weight excluding hydrogens is 546 g/mol. The lowest BCUT2D eigenvalue weighted by atomic mass is 10.1. The van der Waals surface area contributed by atoms with E-state index in [0.717, 1.165) is 0 Å². The fourth-order valence-corrected chi connectivity index (χ4v) is 4.12. The summed E-state index contributed by atoms with van der Waals surface area (Å²) in [5.41, 5.74) is 0. The predicted octanol–water partition coefficient (Wildman–Crippen LogP) is 3.26. The van der Waals surface area contributed by atoms with Crippen molar-refractivity contribution < 1.29 is 33.6 Å². The number of rotatable bonds is 25. The second-order valence-corrected chi connectivity index (χ2v) is 10.7. The zero-order valence-corrected chi connectivity index (χ0v) is 26.4. The van der Waals surface area contributed by atoms with Gasteiger partial charge in [0, 0.05) is 97.1 Å². The van der Waals surface area contributed by atoms with Crippen LogP contribution < -0.4 is 0 Å². The normalized spacial score (nSPS) is 11.1. The summed E-state index contributed by atoms with van der Waals surface area (Å²) >= 11 is 1.39. The summed E-state index contributed by atoms with van der Waals surface area (Å²) in [6.45, 7) is 8.10. The molecule has 0 atom stereocenters. The van der Waals surface area contributed by atoms with Gasteiger partial charge in [-0.15, -0.1) is 11.8 Å². The van der Waals surface area contributed by atoms with Gasteiger partial charge >= 0.3 is 0 Å². The Balaban J connectivity index is 5.48. The molecular formula is C30H49N3O7S. The van der Waals surface area contributed by atoms with Crippen molar-refractivity contribution in [2.45, 2.75) is 85.5 Å². The van der Waals surface area contributed by atoms with Gasteiger partial charge in [0.15, 0.2) is 5.78 Å². The standard InChI is InChI=1S/C30H49N3O7S/c1-6-25(35)10-19-32(18-9-24(4)34)29(39)13-16-31(23-28(38)15-22-41-5)17-14-30(40)33(20-11-26(36)7-2)21-12-27(37)8-3/h15,22H,6-14,16-21,23H2,1-5H3. The molecule has 232 valence electrons. The van der Waals surface area contributed by atoms with E-state index in [4.69, 9.17) is 0 Å². The van der Waals surface area contributed by atoms with Crippen LogP contribution in [0, 0.1) is 0 Å². The summed E-state index contributed by atoms with van der Waals surface area (Å²) in [6, 6.07) is 0. The number of hydrogen-bond donors (Lipinski definition) is 0. The molecule has 2 amide bonds. The van der Waals surface area contributed by atoms with Crippen molar-refractivity contribution in [3.63, 3.8) is 0 Å². The smallest absolute Gasteiger partial charge is 0.223 e. The molecule has 0 radical (unpaired) electrons. The maximum absolute atomic E-state index is 13.1. The lowest BCUT2D eigenvalue weighted by Gasteiger charge is -2.27. The molecule has 0 fully saturated rings. The fraction of sp³-hybridized carbons (Fsp3) is 0.700. The van der Waals surface area contributed by atoms with E-state index >= 15 is 0 Å². The van der Waals surface area contributed by atoms with Gasteiger partial charge in [-0.25, -0.2) is 0 Å². The molecule has 0 aliphatic heterocycles.